The standard InChI is InChI=1S/C14H17N3OS/c1-2-9-19-10-14(18)15-8-7-13-16-11-5-3-4-6-12(11)17-13/h2-6H,1,7-10H2,(H,15,18)(H,16,17). The molecule has 100 valence electrons. The lowest BCUT2D eigenvalue weighted by Crippen LogP contribution is -2.27. The van der Waals surface area contributed by atoms with Gasteiger partial charge in [0.15, 0.2) is 0 Å². The van der Waals surface area contributed by atoms with E-state index in [4.69, 9.17) is 0 Å². The quantitative estimate of drug-likeness (QED) is 0.601. The molecule has 1 aromatic heterocycles. The molecule has 2 rings (SSSR count). The van der Waals surface area contributed by atoms with E-state index in [1.807, 2.05) is 24.3 Å². The van der Waals surface area contributed by atoms with Crippen molar-refractivity contribution in [3.63, 3.8) is 0 Å². The number of imidazole rings is 1. The Morgan fingerprint density at radius 2 is 2.32 bits per heavy atom. The molecule has 0 saturated heterocycles. The number of rotatable bonds is 7. The van der Waals surface area contributed by atoms with Crippen LogP contribution in [0.4, 0.5) is 0 Å². The summed E-state index contributed by atoms with van der Waals surface area (Å²) < 4.78 is 0. The number of hydrogen-bond donors (Lipinski definition) is 2. The van der Waals surface area contributed by atoms with Gasteiger partial charge in [-0.3, -0.25) is 4.79 Å². The number of hydrogen-bond acceptors (Lipinski definition) is 3. The van der Waals surface area contributed by atoms with Gasteiger partial charge in [-0.1, -0.05) is 18.2 Å². The van der Waals surface area contributed by atoms with Crippen LogP contribution in [0.15, 0.2) is 36.9 Å². The van der Waals surface area contributed by atoms with Crippen LogP contribution in [0.3, 0.4) is 0 Å². The van der Waals surface area contributed by atoms with Gasteiger partial charge in [0.1, 0.15) is 5.82 Å². The number of thioether (sulfide) groups is 1. The Hall–Kier alpha value is -1.75. The third kappa shape index (κ3) is 4.13. The first kappa shape index (κ1) is 13.7. The number of H-pyrrole nitrogens is 1. The molecule has 0 saturated carbocycles. The van der Waals surface area contributed by atoms with Crippen molar-refractivity contribution in [1.29, 1.82) is 0 Å². The molecule has 0 fully saturated rings. The van der Waals surface area contributed by atoms with Gasteiger partial charge >= 0.3 is 0 Å². The number of carbonyl (C=O) groups is 1. The Bertz CT molecular complexity index is 532. The first-order chi connectivity index (χ1) is 9.29. The zero-order chi connectivity index (χ0) is 13.5. The third-order valence-corrected chi connectivity index (χ3v) is 3.53. The Labute approximate surface area is 116 Å². The second-order valence-electron chi connectivity index (χ2n) is 4.10. The number of nitrogens with one attached hydrogen (secondary N) is 2. The van der Waals surface area contributed by atoms with Gasteiger partial charge in [0.2, 0.25) is 5.91 Å². The van der Waals surface area contributed by atoms with E-state index in [0.29, 0.717) is 18.7 Å². The highest BCUT2D eigenvalue weighted by Crippen LogP contribution is 2.10. The molecule has 0 aliphatic heterocycles. The van der Waals surface area contributed by atoms with Gasteiger partial charge < -0.3 is 10.3 Å². The van der Waals surface area contributed by atoms with Gasteiger partial charge in [0.25, 0.3) is 0 Å². The van der Waals surface area contributed by atoms with E-state index in [0.717, 1.165) is 22.6 Å². The van der Waals surface area contributed by atoms with Gasteiger partial charge in [-0.15, -0.1) is 18.3 Å². The van der Waals surface area contributed by atoms with Crippen molar-refractivity contribution in [2.24, 2.45) is 0 Å². The van der Waals surface area contributed by atoms with Gasteiger partial charge in [-0.05, 0) is 12.1 Å². The van der Waals surface area contributed by atoms with E-state index in [1.54, 1.807) is 17.8 Å². The molecule has 0 unspecified atom stereocenters. The normalized spacial score (nSPS) is 10.5. The largest absolute Gasteiger partial charge is 0.355 e. The Kier molecular flexibility index (Phi) is 5.03. The van der Waals surface area contributed by atoms with Crippen LogP contribution in [0.1, 0.15) is 5.82 Å². The number of nitrogens with zero attached hydrogens (tertiary/aromatic N) is 1. The third-order valence-electron chi connectivity index (χ3n) is 2.59. The van der Waals surface area contributed by atoms with Crippen LogP contribution in [0.5, 0.6) is 0 Å². The Morgan fingerprint density at radius 1 is 1.47 bits per heavy atom. The molecule has 4 nitrogen and oxygen atoms in total. The van der Waals surface area contributed by atoms with E-state index < -0.39 is 0 Å². The fourth-order valence-electron chi connectivity index (χ4n) is 1.73. The molecule has 0 aliphatic rings. The lowest BCUT2D eigenvalue weighted by Gasteiger charge is -2.02. The zero-order valence-electron chi connectivity index (χ0n) is 10.7. The molecule has 0 spiro atoms. The average molecular weight is 275 g/mol. The summed E-state index contributed by atoms with van der Waals surface area (Å²) in [5.74, 6) is 2.24. The topological polar surface area (TPSA) is 57.8 Å². The second-order valence-corrected chi connectivity index (χ2v) is 5.13. The molecule has 2 N–H and O–H groups in total. The highest BCUT2D eigenvalue weighted by atomic mass is 32.2. The monoisotopic (exact) mass is 275 g/mol. The molecule has 2 aromatic rings. The highest BCUT2D eigenvalue weighted by Gasteiger charge is 2.03. The van der Waals surface area contributed by atoms with E-state index in [2.05, 4.69) is 21.9 Å². The average Bonchev–Trinajstić information content (AvgIpc) is 2.81. The summed E-state index contributed by atoms with van der Waals surface area (Å²) in [4.78, 5) is 19.2. The van der Waals surface area contributed by atoms with Gasteiger partial charge in [-0.25, -0.2) is 4.98 Å². The van der Waals surface area contributed by atoms with Crippen molar-refractivity contribution in [3.05, 3.63) is 42.7 Å². The molecule has 0 atom stereocenters. The van der Waals surface area contributed by atoms with Crippen LogP contribution in [0.25, 0.3) is 11.0 Å². The van der Waals surface area contributed by atoms with Crippen molar-refractivity contribution < 1.29 is 4.79 Å². The first-order valence-electron chi connectivity index (χ1n) is 6.18. The molecule has 19 heavy (non-hydrogen) atoms. The first-order valence-corrected chi connectivity index (χ1v) is 7.34. The number of benzene rings is 1. The summed E-state index contributed by atoms with van der Waals surface area (Å²) >= 11 is 1.56. The van der Waals surface area contributed by atoms with Crippen LogP contribution >= 0.6 is 11.8 Å². The van der Waals surface area contributed by atoms with Gasteiger partial charge in [0, 0.05) is 18.7 Å². The maximum Gasteiger partial charge on any atom is 0.230 e. The van der Waals surface area contributed by atoms with E-state index >= 15 is 0 Å². The number of fused-ring (bicyclic) bond motifs is 1. The number of aromatic nitrogens is 2. The van der Waals surface area contributed by atoms with Crippen molar-refractivity contribution in [1.82, 2.24) is 15.3 Å². The summed E-state index contributed by atoms with van der Waals surface area (Å²) in [5.41, 5.74) is 2.00. The van der Waals surface area contributed by atoms with Crippen LogP contribution < -0.4 is 5.32 Å². The van der Waals surface area contributed by atoms with Gasteiger partial charge in [0.05, 0.1) is 16.8 Å². The zero-order valence-corrected chi connectivity index (χ0v) is 11.5. The van der Waals surface area contributed by atoms with E-state index in [9.17, 15) is 4.79 Å². The molecule has 1 heterocycles. The minimum Gasteiger partial charge on any atom is -0.355 e. The minimum absolute atomic E-state index is 0.0583. The predicted molar refractivity (Wildman–Crippen MR) is 80.3 cm³/mol. The molecule has 0 radical (unpaired) electrons. The fraction of sp³-hybridized carbons (Fsp3) is 0.286. The molecule has 0 aliphatic carbocycles. The Balaban J connectivity index is 1.76. The van der Waals surface area contributed by atoms with E-state index in [-0.39, 0.29) is 5.91 Å². The molecule has 1 amide bonds. The smallest absolute Gasteiger partial charge is 0.230 e. The molecular weight excluding hydrogens is 258 g/mol. The summed E-state index contributed by atoms with van der Waals surface area (Å²) in [6.07, 6.45) is 2.51. The summed E-state index contributed by atoms with van der Waals surface area (Å²) in [7, 11) is 0. The molecule has 0 bridgehead atoms. The number of para-hydroxylation sites is 2. The SMILES string of the molecule is C=CCSCC(=O)NCCc1nc2ccccc2[nH]1. The fourth-order valence-corrected chi connectivity index (χ4v) is 2.30. The number of carbonyl (C=O) groups excluding carboxylic acids is 1. The van der Waals surface area contributed by atoms with Crippen LogP contribution in [-0.2, 0) is 11.2 Å². The predicted octanol–water partition coefficient (Wildman–Crippen LogP) is 2.14. The second kappa shape index (κ2) is 6.99. The summed E-state index contributed by atoms with van der Waals surface area (Å²) in [5, 5.41) is 2.88. The van der Waals surface area contributed by atoms with E-state index in [1.165, 1.54) is 0 Å². The maximum atomic E-state index is 11.5. The van der Waals surface area contributed by atoms with Crippen molar-refractivity contribution >= 4 is 28.7 Å². The summed E-state index contributed by atoms with van der Waals surface area (Å²) in [6.45, 7) is 4.22. The molecular formula is C14H17N3OS. The lowest BCUT2D eigenvalue weighted by atomic mass is 10.3. The maximum absolute atomic E-state index is 11.5. The summed E-state index contributed by atoms with van der Waals surface area (Å²) in [6, 6.07) is 7.91. The number of amides is 1. The van der Waals surface area contributed by atoms with Crippen molar-refractivity contribution in [2.75, 3.05) is 18.1 Å². The van der Waals surface area contributed by atoms with Crippen molar-refractivity contribution in [3.8, 4) is 0 Å². The van der Waals surface area contributed by atoms with Crippen molar-refractivity contribution in [2.45, 2.75) is 6.42 Å². The molecule has 1 aromatic carbocycles. The van der Waals surface area contributed by atoms with Crippen LogP contribution in [-0.4, -0.2) is 33.9 Å². The van der Waals surface area contributed by atoms with Crippen LogP contribution in [0, 0.1) is 0 Å². The van der Waals surface area contributed by atoms with Gasteiger partial charge in [-0.2, -0.15) is 0 Å². The lowest BCUT2D eigenvalue weighted by molar-refractivity contribution is -0.118. The highest BCUT2D eigenvalue weighted by molar-refractivity contribution is 8.00. The van der Waals surface area contributed by atoms with Crippen LogP contribution in [0.2, 0.25) is 0 Å². The minimum atomic E-state index is 0.0583. The number of aromatic amines is 1. The molecule has 5 heteroatoms. The Morgan fingerprint density at radius 3 is 3.11 bits per heavy atom.